The molecule has 3 N–H and O–H groups in total. The minimum Gasteiger partial charge on any atom is -0.480 e. The van der Waals surface area contributed by atoms with E-state index in [1.165, 1.54) is 13.1 Å². The lowest BCUT2D eigenvalue weighted by Crippen LogP contribution is -2.46. The van der Waals surface area contributed by atoms with Gasteiger partial charge in [0, 0.05) is 25.1 Å². The van der Waals surface area contributed by atoms with Gasteiger partial charge in [-0.1, -0.05) is 48.0 Å². The predicted octanol–water partition coefficient (Wildman–Crippen LogP) is 3.71. The van der Waals surface area contributed by atoms with Gasteiger partial charge in [0.15, 0.2) is 5.11 Å². The number of hydrogen-bond acceptors (Lipinski definition) is 5. The summed E-state index contributed by atoms with van der Waals surface area (Å²) < 4.78 is 5.83. The molecule has 1 fully saturated rings. The maximum atomic E-state index is 13.1. The van der Waals surface area contributed by atoms with Gasteiger partial charge in [-0.15, -0.1) is 0 Å². The fraction of sp³-hybridized carbons (Fsp3) is 0.120. The number of rotatable bonds is 7. The van der Waals surface area contributed by atoms with E-state index in [1.807, 2.05) is 6.07 Å². The van der Waals surface area contributed by atoms with Crippen LogP contribution in [0.5, 0.6) is 0 Å². The minimum atomic E-state index is -1.16. The van der Waals surface area contributed by atoms with Crippen molar-refractivity contribution in [3.8, 4) is 11.3 Å². The van der Waals surface area contributed by atoms with Gasteiger partial charge in [0.1, 0.15) is 23.3 Å². The summed E-state index contributed by atoms with van der Waals surface area (Å²) in [6, 6.07) is 16.1. The van der Waals surface area contributed by atoms with Crippen molar-refractivity contribution in [2.75, 3.05) is 7.05 Å². The molecule has 0 aliphatic carbocycles. The summed E-state index contributed by atoms with van der Waals surface area (Å²) in [5.41, 5.74) is 1.85. The Balaban J connectivity index is 1.56. The number of furan rings is 1. The highest BCUT2D eigenvalue weighted by atomic mass is 35.5. The highest BCUT2D eigenvalue weighted by Gasteiger charge is 2.39. The Bertz CT molecular complexity index is 1350. The molecule has 1 saturated heterocycles. The van der Waals surface area contributed by atoms with E-state index in [9.17, 15) is 19.5 Å². The monoisotopic (exact) mass is 509 g/mol. The Hall–Kier alpha value is -3.95. The summed E-state index contributed by atoms with van der Waals surface area (Å²) in [5, 5.41) is 15.4. The van der Waals surface area contributed by atoms with E-state index in [4.69, 9.17) is 28.2 Å². The third-order valence-electron chi connectivity index (χ3n) is 5.42. The van der Waals surface area contributed by atoms with Crippen LogP contribution in [0, 0.1) is 0 Å². The molecule has 0 bridgehead atoms. The zero-order valence-electron chi connectivity index (χ0n) is 18.4. The van der Waals surface area contributed by atoms with Gasteiger partial charge in [-0.05, 0) is 42.0 Å². The molecule has 178 valence electrons. The number of benzene rings is 2. The Labute approximate surface area is 211 Å². The summed E-state index contributed by atoms with van der Waals surface area (Å²) in [4.78, 5) is 37.9. The van der Waals surface area contributed by atoms with E-state index in [1.54, 1.807) is 54.6 Å². The Morgan fingerprint density at radius 2 is 1.94 bits per heavy atom. The molecule has 1 atom stereocenters. The zero-order valence-corrected chi connectivity index (χ0v) is 20.0. The topological polar surface area (TPSA) is 112 Å². The number of amides is 2. The molecule has 0 spiro atoms. The zero-order chi connectivity index (χ0) is 25.1. The Morgan fingerprint density at radius 3 is 2.60 bits per heavy atom. The molecule has 1 aromatic heterocycles. The number of halogens is 1. The molecule has 1 aliphatic rings. The Morgan fingerprint density at radius 1 is 1.20 bits per heavy atom. The summed E-state index contributed by atoms with van der Waals surface area (Å²) in [7, 11) is 1.52. The van der Waals surface area contributed by atoms with Crippen molar-refractivity contribution >= 4 is 52.8 Å². The third-order valence-corrected chi connectivity index (χ3v) is 6.03. The molecular formula is C25H20ClN3O5S. The van der Waals surface area contributed by atoms with Crippen molar-refractivity contribution in [1.82, 2.24) is 15.5 Å². The molecule has 2 heterocycles. The average molecular weight is 510 g/mol. The first kappa shape index (κ1) is 24.2. The van der Waals surface area contributed by atoms with Gasteiger partial charge in [0.05, 0.1) is 10.6 Å². The number of carbonyl (C=O) groups is 3. The highest BCUT2D eigenvalue weighted by Crippen LogP contribution is 2.28. The second kappa shape index (κ2) is 10.1. The van der Waals surface area contributed by atoms with Crippen LogP contribution in [0.1, 0.15) is 21.7 Å². The summed E-state index contributed by atoms with van der Waals surface area (Å²) in [5.74, 6) is -1.20. The van der Waals surface area contributed by atoms with Crippen LogP contribution in [0.4, 0.5) is 0 Å². The van der Waals surface area contributed by atoms with Crippen molar-refractivity contribution < 1.29 is 23.9 Å². The summed E-state index contributed by atoms with van der Waals surface area (Å²) >= 11 is 11.5. The molecule has 2 aromatic carbocycles. The normalized spacial score (nSPS) is 15.3. The first-order chi connectivity index (χ1) is 16.8. The predicted molar refractivity (Wildman–Crippen MR) is 135 cm³/mol. The fourth-order valence-electron chi connectivity index (χ4n) is 3.67. The number of nitrogens with one attached hydrogen (secondary N) is 2. The number of hydrogen-bond donors (Lipinski definition) is 3. The number of nitrogens with zero attached hydrogens (tertiary/aromatic N) is 1. The largest absolute Gasteiger partial charge is 0.480 e. The van der Waals surface area contributed by atoms with Gasteiger partial charge >= 0.3 is 5.97 Å². The van der Waals surface area contributed by atoms with Gasteiger partial charge in [-0.3, -0.25) is 14.5 Å². The van der Waals surface area contributed by atoms with Crippen LogP contribution in [-0.4, -0.2) is 46.0 Å². The van der Waals surface area contributed by atoms with Gasteiger partial charge in [-0.2, -0.15) is 0 Å². The van der Waals surface area contributed by atoms with Crippen molar-refractivity contribution in [2.45, 2.75) is 12.5 Å². The van der Waals surface area contributed by atoms with Crippen molar-refractivity contribution in [3.63, 3.8) is 0 Å². The maximum absolute atomic E-state index is 13.1. The van der Waals surface area contributed by atoms with Crippen LogP contribution in [0.2, 0.25) is 5.02 Å². The van der Waals surface area contributed by atoms with E-state index in [2.05, 4.69) is 10.6 Å². The van der Waals surface area contributed by atoms with Gasteiger partial charge in [0.25, 0.3) is 11.8 Å². The van der Waals surface area contributed by atoms with E-state index >= 15 is 0 Å². The minimum absolute atomic E-state index is 0.00734. The number of carbonyl (C=O) groups excluding carboxylic acids is 2. The van der Waals surface area contributed by atoms with Crippen LogP contribution in [0.15, 0.2) is 70.8 Å². The van der Waals surface area contributed by atoms with Crippen LogP contribution in [0.3, 0.4) is 0 Å². The second-order valence-electron chi connectivity index (χ2n) is 7.68. The van der Waals surface area contributed by atoms with Crippen LogP contribution in [-0.2, 0) is 16.0 Å². The van der Waals surface area contributed by atoms with E-state index < -0.39 is 17.9 Å². The number of carboxylic acids is 1. The van der Waals surface area contributed by atoms with Crippen LogP contribution < -0.4 is 10.6 Å². The summed E-state index contributed by atoms with van der Waals surface area (Å²) in [6.45, 7) is 0. The number of thiocarbonyl (C=S) groups is 1. The third kappa shape index (κ3) is 5.11. The number of aliphatic carboxylic acids is 1. The molecule has 35 heavy (non-hydrogen) atoms. The van der Waals surface area contributed by atoms with Gasteiger partial charge in [-0.25, -0.2) is 4.79 Å². The molecule has 3 aromatic rings. The van der Waals surface area contributed by atoms with Gasteiger partial charge in [0.2, 0.25) is 0 Å². The molecule has 1 unspecified atom stereocenters. The van der Waals surface area contributed by atoms with Crippen molar-refractivity contribution in [1.29, 1.82) is 0 Å². The average Bonchev–Trinajstić information content (AvgIpc) is 3.42. The van der Waals surface area contributed by atoms with Gasteiger partial charge < -0.3 is 20.2 Å². The molecule has 0 radical (unpaired) electrons. The van der Waals surface area contributed by atoms with E-state index in [0.717, 1.165) is 10.5 Å². The molecule has 8 nitrogen and oxygen atoms in total. The summed E-state index contributed by atoms with van der Waals surface area (Å²) in [6.07, 6.45) is 1.56. The van der Waals surface area contributed by atoms with Crippen molar-refractivity contribution in [2.24, 2.45) is 0 Å². The van der Waals surface area contributed by atoms with E-state index in [0.29, 0.717) is 22.6 Å². The SMILES string of the molecule is CNC(=O)c1ccc(-c2ccc(/C=C3/NC(=S)N(C(Cc4ccccc4)C(=O)O)C3=O)o2)cc1Cl. The Kier molecular flexibility index (Phi) is 6.99. The quantitative estimate of drug-likeness (QED) is 0.329. The van der Waals surface area contributed by atoms with Crippen LogP contribution in [0.25, 0.3) is 17.4 Å². The number of carboxylic acid groups (broad SMARTS) is 1. The van der Waals surface area contributed by atoms with Crippen LogP contribution >= 0.6 is 23.8 Å². The molecule has 10 heteroatoms. The lowest BCUT2D eigenvalue weighted by atomic mass is 10.0. The molecule has 4 rings (SSSR count). The highest BCUT2D eigenvalue weighted by molar-refractivity contribution is 7.80. The molecular weight excluding hydrogens is 490 g/mol. The molecule has 0 saturated carbocycles. The first-order valence-corrected chi connectivity index (χ1v) is 11.3. The van der Waals surface area contributed by atoms with Crippen molar-refractivity contribution in [3.05, 3.63) is 88.3 Å². The molecule has 2 amide bonds. The fourth-order valence-corrected chi connectivity index (χ4v) is 4.26. The van der Waals surface area contributed by atoms with E-state index in [-0.39, 0.29) is 28.2 Å². The molecule has 1 aliphatic heterocycles. The second-order valence-corrected chi connectivity index (χ2v) is 8.48. The smallest absolute Gasteiger partial charge is 0.327 e. The lowest BCUT2D eigenvalue weighted by molar-refractivity contribution is -0.145. The standard InChI is InChI=1S/C25H20ClN3O5S/c1-27-22(30)17-9-7-15(12-18(17)26)21-10-8-16(34-21)13-19-23(31)29(25(35)28-19)20(24(32)33)11-14-5-3-2-4-6-14/h2-10,12-13,20H,11H2,1H3,(H,27,30)(H,28,35)(H,32,33)/b19-13+. The lowest BCUT2D eigenvalue weighted by Gasteiger charge is -2.22. The first-order valence-electron chi connectivity index (χ1n) is 10.5. The maximum Gasteiger partial charge on any atom is 0.327 e.